The van der Waals surface area contributed by atoms with Crippen molar-refractivity contribution < 1.29 is 4.52 Å². The van der Waals surface area contributed by atoms with E-state index >= 15 is 0 Å². The number of nitrogens with zero attached hydrogens (tertiary/aromatic N) is 2. The van der Waals surface area contributed by atoms with Gasteiger partial charge < -0.3 is 9.42 Å². The summed E-state index contributed by atoms with van der Waals surface area (Å²) < 4.78 is 5.07. The van der Waals surface area contributed by atoms with Crippen molar-refractivity contribution in [3.63, 3.8) is 0 Å². The van der Waals surface area contributed by atoms with Crippen LogP contribution in [0.5, 0.6) is 0 Å². The van der Waals surface area contributed by atoms with Gasteiger partial charge in [-0.2, -0.15) is 0 Å². The minimum absolute atomic E-state index is 0.452. The first-order valence-corrected chi connectivity index (χ1v) is 4.19. The van der Waals surface area contributed by atoms with Crippen molar-refractivity contribution in [3.05, 3.63) is 11.3 Å². The van der Waals surface area contributed by atoms with E-state index < -0.39 is 0 Å². The number of hydrogen-bond donors (Lipinski definition) is 0. The maximum atomic E-state index is 5.07. The Balaban J connectivity index is 2.95. The van der Waals surface area contributed by atoms with Crippen LogP contribution in [0.1, 0.15) is 25.2 Å². The first-order valence-electron chi connectivity index (χ1n) is 4.19. The second-order valence-corrected chi connectivity index (χ2v) is 3.39. The van der Waals surface area contributed by atoms with Crippen LogP contribution in [0.4, 0.5) is 5.82 Å². The predicted molar refractivity (Wildman–Crippen MR) is 49.5 cm³/mol. The van der Waals surface area contributed by atoms with Gasteiger partial charge in [-0.1, -0.05) is 5.16 Å². The van der Waals surface area contributed by atoms with Crippen LogP contribution in [0.25, 0.3) is 0 Å². The van der Waals surface area contributed by atoms with E-state index in [0.29, 0.717) is 6.04 Å². The molecule has 0 N–H and O–H groups in total. The first kappa shape index (κ1) is 9.10. The quantitative estimate of drug-likeness (QED) is 0.677. The molecule has 0 aromatic carbocycles. The highest BCUT2D eigenvalue weighted by Gasteiger charge is 2.14. The molecule has 0 unspecified atom stereocenters. The number of aryl methyl sites for hydroxylation is 1. The molecule has 0 saturated heterocycles. The summed E-state index contributed by atoms with van der Waals surface area (Å²) >= 11 is 0. The lowest BCUT2D eigenvalue weighted by Crippen LogP contribution is -2.26. The van der Waals surface area contributed by atoms with E-state index in [2.05, 4.69) is 23.9 Å². The second kappa shape index (κ2) is 3.17. The molecular weight excluding hydrogens is 152 g/mol. The predicted octanol–water partition coefficient (Wildman–Crippen LogP) is 2.14. The summed E-state index contributed by atoms with van der Waals surface area (Å²) in [6.07, 6.45) is 0. The molecule has 0 aliphatic heterocycles. The zero-order valence-electron chi connectivity index (χ0n) is 8.38. The largest absolute Gasteiger partial charge is 0.359 e. The van der Waals surface area contributed by atoms with Gasteiger partial charge in [0.1, 0.15) is 5.76 Å². The third-order valence-corrected chi connectivity index (χ3v) is 2.24. The minimum atomic E-state index is 0.452. The van der Waals surface area contributed by atoms with Crippen LogP contribution >= 0.6 is 0 Å². The Morgan fingerprint density at radius 1 is 1.33 bits per heavy atom. The topological polar surface area (TPSA) is 29.3 Å². The highest BCUT2D eigenvalue weighted by molar-refractivity contribution is 5.46. The summed E-state index contributed by atoms with van der Waals surface area (Å²) in [4.78, 5) is 2.10. The average molecular weight is 168 g/mol. The highest BCUT2D eigenvalue weighted by Crippen LogP contribution is 2.21. The summed E-state index contributed by atoms with van der Waals surface area (Å²) in [6.45, 7) is 8.22. The van der Waals surface area contributed by atoms with Gasteiger partial charge in [-0.05, 0) is 27.7 Å². The van der Waals surface area contributed by atoms with Gasteiger partial charge in [0.25, 0.3) is 0 Å². The fourth-order valence-electron chi connectivity index (χ4n) is 0.980. The van der Waals surface area contributed by atoms with Crippen molar-refractivity contribution in [2.75, 3.05) is 11.9 Å². The van der Waals surface area contributed by atoms with Crippen molar-refractivity contribution in [2.45, 2.75) is 33.7 Å². The van der Waals surface area contributed by atoms with Gasteiger partial charge in [-0.25, -0.2) is 0 Å². The molecule has 0 bridgehead atoms. The summed E-state index contributed by atoms with van der Waals surface area (Å²) in [6, 6.07) is 0.452. The Kier molecular flexibility index (Phi) is 2.40. The molecule has 0 radical (unpaired) electrons. The van der Waals surface area contributed by atoms with Crippen molar-refractivity contribution >= 4 is 5.82 Å². The minimum Gasteiger partial charge on any atom is -0.359 e. The van der Waals surface area contributed by atoms with E-state index in [9.17, 15) is 0 Å². The monoisotopic (exact) mass is 168 g/mol. The van der Waals surface area contributed by atoms with Crippen LogP contribution in [-0.2, 0) is 0 Å². The molecule has 1 heterocycles. The molecule has 0 aliphatic rings. The Labute approximate surface area is 73.3 Å². The summed E-state index contributed by atoms with van der Waals surface area (Å²) in [5.41, 5.74) is 1.13. The maximum absolute atomic E-state index is 5.07. The molecule has 3 heteroatoms. The lowest BCUT2D eigenvalue weighted by atomic mass is 10.2. The fourth-order valence-corrected chi connectivity index (χ4v) is 0.980. The van der Waals surface area contributed by atoms with Gasteiger partial charge in [-0.3, -0.25) is 0 Å². The van der Waals surface area contributed by atoms with E-state index in [4.69, 9.17) is 4.52 Å². The highest BCUT2D eigenvalue weighted by atomic mass is 16.5. The van der Waals surface area contributed by atoms with Gasteiger partial charge in [0.2, 0.25) is 0 Å². The zero-order valence-corrected chi connectivity index (χ0v) is 8.38. The standard InChI is InChI=1S/C9H16N2O/c1-6(2)11(5)9-7(3)8(4)12-10-9/h6H,1-5H3. The van der Waals surface area contributed by atoms with E-state index in [-0.39, 0.29) is 0 Å². The SMILES string of the molecule is Cc1onc(N(C)C(C)C)c1C. The molecule has 0 spiro atoms. The van der Waals surface area contributed by atoms with Gasteiger partial charge in [0, 0.05) is 18.7 Å². The van der Waals surface area contributed by atoms with Crippen LogP contribution in [0.2, 0.25) is 0 Å². The molecule has 1 aromatic rings. The number of hydrogen-bond acceptors (Lipinski definition) is 3. The van der Waals surface area contributed by atoms with Crippen molar-refractivity contribution in [2.24, 2.45) is 0 Å². The molecule has 0 atom stereocenters. The smallest absolute Gasteiger partial charge is 0.175 e. The Morgan fingerprint density at radius 3 is 2.25 bits per heavy atom. The molecular formula is C9H16N2O. The summed E-state index contributed by atoms with van der Waals surface area (Å²) in [7, 11) is 2.02. The normalized spacial score (nSPS) is 10.8. The van der Waals surface area contributed by atoms with Crippen LogP contribution in [0, 0.1) is 13.8 Å². The maximum Gasteiger partial charge on any atom is 0.175 e. The number of anilines is 1. The van der Waals surface area contributed by atoms with Gasteiger partial charge in [-0.15, -0.1) is 0 Å². The second-order valence-electron chi connectivity index (χ2n) is 3.39. The first-order chi connectivity index (χ1) is 5.54. The van der Waals surface area contributed by atoms with Crippen LogP contribution in [0.15, 0.2) is 4.52 Å². The number of rotatable bonds is 2. The van der Waals surface area contributed by atoms with E-state index in [1.165, 1.54) is 0 Å². The molecule has 0 amide bonds. The fraction of sp³-hybridized carbons (Fsp3) is 0.667. The molecule has 0 fully saturated rings. The molecule has 1 aromatic heterocycles. The third kappa shape index (κ3) is 1.44. The molecule has 12 heavy (non-hydrogen) atoms. The molecule has 0 aliphatic carbocycles. The van der Waals surface area contributed by atoms with Crippen LogP contribution in [-0.4, -0.2) is 18.2 Å². The van der Waals surface area contributed by atoms with E-state index in [1.54, 1.807) is 0 Å². The lowest BCUT2D eigenvalue weighted by molar-refractivity contribution is 0.396. The Morgan fingerprint density at radius 2 is 1.92 bits per heavy atom. The van der Waals surface area contributed by atoms with E-state index in [0.717, 1.165) is 17.1 Å². The third-order valence-electron chi connectivity index (χ3n) is 2.24. The van der Waals surface area contributed by atoms with Crippen molar-refractivity contribution in [1.29, 1.82) is 0 Å². The molecule has 68 valence electrons. The summed E-state index contributed by atoms with van der Waals surface area (Å²) in [5, 5.41) is 3.99. The molecule has 0 saturated carbocycles. The van der Waals surface area contributed by atoms with Crippen LogP contribution in [0.3, 0.4) is 0 Å². The summed E-state index contributed by atoms with van der Waals surface area (Å²) in [5.74, 6) is 1.85. The Hall–Kier alpha value is -0.990. The van der Waals surface area contributed by atoms with Crippen molar-refractivity contribution in [3.8, 4) is 0 Å². The number of aromatic nitrogens is 1. The van der Waals surface area contributed by atoms with Crippen molar-refractivity contribution in [1.82, 2.24) is 5.16 Å². The molecule has 1 rings (SSSR count). The average Bonchev–Trinajstić information content (AvgIpc) is 2.32. The lowest BCUT2D eigenvalue weighted by Gasteiger charge is -2.20. The van der Waals surface area contributed by atoms with Gasteiger partial charge >= 0.3 is 0 Å². The van der Waals surface area contributed by atoms with Crippen LogP contribution < -0.4 is 4.90 Å². The Bertz CT molecular complexity index is 265. The van der Waals surface area contributed by atoms with Gasteiger partial charge in [0.05, 0.1) is 0 Å². The van der Waals surface area contributed by atoms with E-state index in [1.807, 2.05) is 20.9 Å². The zero-order chi connectivity index (χ0) is 9.30. The van der Waals surface area contributed by atoms with Gasteiger partial charge in [0.15, 0.2) is 5.82 Å². The molecule has 3 nitrogen and oxygen atoms in total.